The standard InChI is InChI=1S/C12H24NO2/c13-15-12-10-8-6-4-2-1-3-5-7-9-11-14/h1-10,12-13H2. The molecule has 0 saturated heterocycles. The number of rotatable bonds is 12. The molecule has 0 bridgehead atoms. The highest BCUT2D eigenvalue weighted by atomic mass is 16.6. The third-order valence-corrected chi connectivity index (χ3v) is 2.54. The largest absolute Gasteiger partial charge is 0.305 e. The lowest BCUT2D eigenvalue weighted by Gasteiger charge is -2.01. The van der Waals surface area contributed by atoms with Gasteiger partial charge in [-0.1, -0.05) is 44.9 Å². The topological polar surface area (TPSA) is 52.3 Å². The van der Waals surface area contributed by atoms with Crippen molar-refractivity contribution >= 4 is 6.29 Å². The Kier molecular flexibility index (Phi) is 13.2. The summed E-state index contributed by atoms with van der Waals surface area (Å²) < 4.78 is 0. The summed E-state index contributed by atoms with van der Waals surface area (Å²) in [6, 6.07) is 0. The molecular formula is C12H24NO2. The number of nitrogens with two attached hydrogens (primary N) is 1. The van der Waals surface area contributed by atoms with Crippen LogP contribution in [0, 0.1) is 0 Å². The Morgan fingerprint density at radius 3 is 1.73 bits per heavy atom. The molecule has 0 aromatic rings. The Balaban J connectivity index is 2.83. The monoisotopic (exact) mass is 214 g/mol. The predicted octanol–water partition coefficient (Wildman–Crippen LogP) is 2.89. The molecule has 2 N–H and O–H groups in total. The van der Waals surface area contributed by atoms with Crippen LogP contribution in [0.15, 0.2) is 0 Å². The van der Waals surface area contributed by atoms with E-state index in [0.29, 0.717) is 13.0 Å². The second-order valence-corrected chi connectivity index (χ2v) is 3.95. The second-order valence-electron chi connectivity index (χ2n) is 3.95. The molecule has 0 saturated carbocycles. The maximum Gasteiger partial charge on any atom is 0.198 e. The fourth-order valence-corrected chi connectivity index (χ4v) is 1.62. The van der Waals surface area contributed by atoms with Crippen molar-refractivity contribution in [2.24, 2.45) is 5.90 Å². The Morgan fingerprint density at radius 2 is 1.27 bits per heavy atom. The fourth-order valence-electron chi connectivity index (χ4n) is 1.62. The molecule has 0 unspecified atom stereocenters. The molecule has 0 aliphatic heterocycles. The van der Waals surface area contributed by atoms with Crippen molar-refractivity contribution in [1.29, 1.82) is 0 Å². The van der Waals surface area contributed by atoms with Crippen molar-refractivity contribution in [3.8, 4) is 0 Å². The van der Waals surface area contributed by atoms with E-state index in [1.165, 1.54) is 44.9 Å². The summed E-state index contributed by atoms with van der Waals surface area (Å²) >= 11 is 0. The zero-order chi connectivity index (χ0) is 11.2. The molecular weight excluding hydrogens is 190 g/mol. The normalized spacial score (nSPS) is 10.5. The van der Waals surface area contributed by atoms with Gasteiger partial charge in [-0.25, -0.2) is 5.90 Å². The summed E-state index contributed by atoms with van der Waals surface area (Å²) in [6.07, 6.45) is 13.5. The first-order valence-electron chi connectivity index (χ1n) is 6.08. The lowest BCUT2D eigenvalue weighted by molar-refractivity contribution is 0.133. The maximum atomic E-state index is 9.92. The Bertz CT molecular complexity index is 129. The van der Waals surface area contributed by atoms with Crippen LogP contribution in [-0.2, 0) is 9.63 Å². The SMILES string of the molecule is NOCCCCCCCCCCC[C]=O. The highest BCUT2D eigenvalue weighted by Gasteiger charge is 1.92. The summed E-state index contributed by atoms with van der Waals surface area (Å²) in [5.41, 5.74) is 0. The Morgan fingerprint density at radius 1 is 0.800 bits per heavy atom. The summed E-state index contributed by atoms with van der Waals surface area (Å²) in [5, 5.41) is 0. The molecule has 0 amide bonds. The van der Waals surface area contributed by atoms with Crippen LogP contribution >= 0.6 is 0 Å². The molecule has 3 heteroatoms. The molecule has 1 radical (unpaired) electrons. The van der Waals surface area contributed by atoms with Crippen molar-refractivity contribution in [2.75, 3.05) is 6.61 Å². The van der Waals surface area contributed by atoms with E-state index in [-0.39, 0.29) is 0 Å². The number of carbonyl (C=O) groups excluding carboxylic acids is 1. The fraction of sp³-hybridized carbons (Fsp3) is 0.917. The van der Waals surface area contributed by atoms with Crippen LogP contribution in [0.5, 0.6) is 0 Å². The lowest BCUT2D eigenvalue weighted by atomic mass is 10.1. The van der Waals surface area contributed by atoms with Gasteiger partial charge in [-0.05, 0) is 12.8 Å². The Labute approximate surface area is 93.3 Å². The van der Waals surface area contributed by atoms with Crippen LogP contribution in [-0.4, -0.2) is 12.9 Å². The molecule has 15 heavy (non-hydrogen) atoms. The second kappa shape index (κ2) is 13.6. The average molecular weight is 214 g/mol. The molecule has 89 valence electrons. The maximum absolute atomic E-state index is 9.92. The smallest absolute Gasteiger partial charge is 0.198 e. The van der Waals surface area contributed by atoms with Crippen LogP contribution in [0.3, 0.4) is 0 Å². The van der Waals surface area contributed by atoms with Gasteiger partial charge < -0.3 is 4.84 Å². The van der Waals surface area contributed by atoms with E-state index in [2.05, 4.69) is 4.84 Å². The zero-order valence-electron chi connectivity index (χ0n) is 9.67. The van der Waals surface area contributed by atoms with Gasteiger partial charge in [0.25, 0.3) is 0 Å². The zero-order valence-corrected chi connectivity index (χ0v) is 9.67. The first-order valence-corrected chi connectivity index (χ1v) is 6.08. The van der Waals surface area contributed by atoms with Crippen molar-refractivity contribution < 1.29 is 9.63 Å². The van der Waals surface area contributed by atoms with Gasteiger partial charge in [-0.3, -0.25) is 4.79 Å². The van der Waals surface area contributed by atoms with Crippen LogP contribution in [0.25, 0.3) is 0 Å². The van der Waals surface area contributed by atoms with Crippen molar-refractivity contribution in [3.05, 3.63) is 0 Å². The van der Waals surface area contributed by atoms with E-state index in [1.54, 1.807) is 0 Å². The molecule has 0 spiro atoms. The highest BCUT2D eigenvalue weighted by molar-refractivity contribution is 5.50. The highest BCUT2D eigenvalue weighted by Crippen LogP contribution is 2.09. The molecule has 0 atom stereocenters. The van der Waals surface area contributed by atoms with E-state index in [1.807, 2.05) is 6.29 Å². The lowest BCUT2D eigenvalue weighted by Crippen LogP contribution is -2.00. The molecule has 0 rings (SSSR count). The van der Waals surface area contributed by atoms with E-state index < -0.39 is 0 Å². The molecule has 0 fully saturated rings. The van der Waals surface area contributed by atoms with E-state index >= 15 is 0 Å². The first kappa shape index (κ1) is 14.6. The quantitative estimate of drug-likeness (QED) is 0.401. The van der Waals surface area contributed by atoms with Gasteiger partial charge in [0.15, 0.2) is 6.29 Å². The van der Waals surface area contributed by atoms with Crippen LogP contribution in [0.2, 0.25) is 0 Å². The van der Waals surface area contributed by atoms with Crippen molar-refractivity contribution in [1.82, 2.24) is 0 Å². The van der Waals surface area contributed by atoms with Gasteiger partial charge >= 0.3 is 0 Å². The van der Waals surface area contributed by atoms with Gasteiger partial charge in [-0.2, -0.15) is 0 Å². The molecule has 0 heterocycles. The molecule has 0 aliphatic carbocycles. The van der Waals surface area contributed by atoms with Crippen LogP contribution in [0.4, 0.5) is 0 Å². The molecule has 0 aliphatic rings. The summed E-state index contributed by atoms with van der Waals surface area (Å²) in [5.74, 6) is 4.92. The summed E-state index contributed by atoms with van der Waals surface area (Å²) in [7, 11) is 0. The molecule has 0 aromatic carbocycles. The van der Waals surface area contributed by atoms with E-state index in [9.17, 15) is 4.79 Å². The third kappa shape index (κ3) is 13.6. The van der Waals surface area contributed by atoms with Gasteiger partial charge in [0, 0.05) is 6.42 Å². The number of hydrogen-bond donors (Lipinski definition) is 1. The van der Waals surface area contributed by atoms with E-state index in [4.69, 9.17) is 5.90 Å². The first-order chi connectivity index (χ1) is 7.41. The molecule has 0 aromatic heterocycles. The summed E-state index contributed by atoms with van der Waals surface area (Å²) in [4.78, 5) is 14.4. The van der Waals surface area contributed by atoms with Crippen molar-refractivity contribution in [3.63, 3.8) is 0 Å². The minimum atomic E-state index is 0.610. The van der Waals surface area contributed by atoms with Crippen LogP contribution in [0.1, 0.15) is 64.2 Å². The minimum absolute atomic E-state index is 0.610. The average Bonchev–Trinajstić information content (AvgIpc) is 2.26. The predicted molar refractivity (Wildman–Crippen MR) is 62.0 cm³/mol. The van der Waals surface area contributed by atoms with Gasteiger partial charge in [-0.15, -0.1) is 0 Å². The number of unbranched alkanes of at least 4 members (excludes halogenated alkanes) is 9. The van der Waals surface area contributed by atoms with E-state index in [0.717, 1.165) is 12.8 Å². The number of hydrogen-bond acceptors (Lipinski definition) is 3. The van der Waals surface area contributed by atoms with Crippen molar-refractivity contribution in [2.45, 2.75) is 64.2 Å². The van der Waals surface area contributed by atoms with Gasteiger partial charge in [0.2, 0.25) is 0 Å². The van der Waals surface area contributed by atoms with Gasteiger partial charge in [0.05, 0.1) is 6.61 Å². The third-order valence-electron chi connectivity index (χ3n) is 2.54. The molecule has 3 nitrogen and oxygen atoms in total. The summed E-state index contributed by atoms with van der Waals surface area (Å²) in [6.45, 7) is 0.683. The minimum Gasteiger partial charge on any atom is -0.305 e. The van der Waals surface area contributed by atoms with Crippen LogP contribution < -0.4 is 5.90 Å². The van der Waals surface area contributed by atoms with Gasteiger partial charge in [0.1, 0.15) is 0 Å². The Hall–Kier alpha value is -0.410.